The Hall–Kier alpha value is -1.52. The third-order valence-corrected chi connectivity index (χ3v) is 3.18. The summed E-state index contributed by atoms with van der Waals surface area (Å²) in [6, 6.07) is 0. The number of likely N-dealkylation sites (tertiary alicyclic amines) is 1. The van der Waals surface area contributed by atoms with Crippen molar-refractivity contribution < 1.29 is 13.9 Å². The number of carbonyl (C=O) groups excluding carboxylic acids is 1. The zero-order valence-electron chi connectivity index (χ0n) is 11.9. The lowest BCUT2D eigenvalue weighted by Crippen LogP contribution is -2.37. The largest absolute Gasteiger partial charge is 0.449 e. The normalized spacial score (nSPS) is 21.0. The van der Waals surface area contributed by atoms with Crippen molar-refractivity contribution >= 4 is 6.09 Å². The van der Waals surface area contributed by atoms with Gasteiger partial charge < -0.3 is 14.1 Å². The molecule has 5 nitrogen and oxygen atoms in total. The van der Waals surface area contributed by atoms with Crippen LogP contribution in [0.2, 0.25) is 0 Å². The van der Waals surface area contributed by atoms with Gasteiger partial charge in [-0.05, 0) is 40.0 Å². The fourth-order valence-corrected chi connectivity index (χ4v) is 2.29. The Balaban J connectivity index is 1.91. The van der Waals surface area contributed by atoms with E-state index in [0.29, 0.717) is 12.5 Å². The maximum atomic E-state index is 12.0. The van der Waals surface area contributed by atoms with Crippen molar-refractivity contribution in [2.24, 2.45) is 0 Å². The summed E-state index contributed by atoms with van der Waals surface area (Å²) < 4.78 is 10.8. The number of rotatable bonds is 1. The van der Waals surface area contributed by atoms with Crippen LogP contribution in [0.4, 0.5) is 4.79 Å². The highest BCUT2D eigenvalue weighted by atomic mass is 16.6. The second-order valence-corrected chi connectivity index (χ2v) is 5.97. The van der Waals surface area contributed by atoms with Gasteiger partial charge in [0.15, 0.2) is 5.89 Å². The molecule has 1 aliphatic rings. The summed E-state index contributed by atoms with van der Waals surface area (Å²) >= 11 is 0. The molecule has 1 aliphatic heterocycles. The van der Waals surface area contributed by atoms with E-state index in [2.05, 4.69) is 4.98 Å². The van der Waals surface area contributed by atoms with Crippen molar-refractivity contribution in [2.75, 3.05) is 13.1 Å². The first-order valence-electron chi connectivity index (χ1n) is 6.83. The van der Waals surface area contributed by atoms with Crippen LogP contribution in [-0.2, 0) is 4.74 Å². The van der Waals surface area contributed by atoms with Crippen LogP contribution in [0.5, 0.6) is 0 Å². The van der Waals surface area contributed by atoms with E-state index in [9.17, 15) is 4.79 Å². The van der Waals surface area contributed by atoms with Crippen molar-refractivity contribution in [3.8, 4) is 0 Å². The Bertz CT molecular complexity index is 409. The van der Waals surface area contributed by atoms with E-state index in [1.807, 2.05) is 20.8 Å². The van der Waals surface area contributed by atoms with Gasteiger partial charge in [0.05, 0.1) is 6.20 Å². The molecule has 0 N–H and O–H groups in total. The molecule has 1 aromatic rings. The number of aromatic nitrogens is 1. The molecule has 0 aromatic carbocycles. The van der Waals surface area contributed by atoms with Gasteiger partial charge >= 0.3 is 6.09 Å². The van der Waals surface area contributed by atoms with Crippen molar-refractivity contribution in [1.29, 1.82) is 0 Å². The number of hydrogen-bond donors (Lipinski definition) is 0. The minimum absolute atomic E-state index is 0.222. The Morgan fingerprint density at radius 1 is 1.42 bits per heavy atom. The molecule has 0 spiro atoms. The van der Waals surface area contributed by atoms with Crippen LogP contribution in [0.1, 0.15) is 51.8 Å². The topological polar surface area (TPSA) is 55.6 Å². The van der Waals surface area contributed by atoms with Gasteiger partial charge in [-0.2, -0.15) is 0 Å². The average molecular weight is 266 g/mol. The summed E-state index contributed by atoms with van der Waals surface area (Å²) in [5.74, 6) is 1.09. The van der Waals surface area contributed by atoms with Gasteiger partial charge in [0.25, 0.3) is 0 Å². The SMILES string of the molecule is CC(C)(C)OC(=O)N1CCC[C@@H](c2ncco2)CC1. The van der Waals surface area contributed by atoms with E-state index in [1.165, 1.54) is 0 Å². The monoisotopic (exact) mass is 266 g/mol. The zero-order valence-corrected chi connectivity index (χ0v) is 11.9. The predicted molar refractivity (Wildman–Crippen MR) is 70.9 cm³/mol. The molecule has 1 fully saturated rings. The Labute approximate surface area is 113 Å². The van der Waals surface area contributed by atoms with Crippen molar-refractivity contribution in [1.82, 2.24) is 9.88 Å². The van der Waals surface area contributed by atoms with E-state index in [1.54, 1.807) is 17.4 Å². The summed E-state index contributed by atoms with van der Waals surface area (Å²) in [4.78, 5) is 18.0. The fraction of sp³-hybridized carbons (Fsp3) is 0.714. The molecule has 0 bridgehead atoms. The fourth-order valence-electron chi connectivity index (χ4n) is 2.29. The van der Waals surface area contributed by atoms with Crippen molar-refractivity contribution in [3.63, 3.8) is 0 Å². The molecule has 2 heterocycles. The van der Waals surface area contributed by atoms with E-state index < -0.39 is 5.60 Å². The number of oxazole rings is 1. The summed E-state index contributed by atoms with van der Waals surface area (Å²) in [5, 5.41) is 0. The quantitative estimate of drug-likeness (QED) is 0.783. The third-order valence-electron chi connectivity index (χ3n) is 3.18. The number of nitrogens with zero attached hydrogens (tertiary/aromatic N) is 2. The molecule has 0 aliphatic carbocycles. The molecule has 1 amide bonds. The van der Waals surface area contributed by atoms with Crippen LogP contribution in [0.15, 0.2) is 16.9 Å². The van der Waals surface area contributed by atoms with Crippen LogP contribution in [-0.4, -0.2) is 34.7 Å². The van der Waals surface area contributed by atoms with Crippen LogP contribution >= 0.6 is 0 Å². The van der Waals surface area contributed by atoms with Gasteiger partial charge in [0.2, 0.25) is 0 Å². The zero-order chi connectivity index (χ0) is 13.9. The lowest BCUT2D eigenvalue weighted by Gasteiger charge is -2.26. The van der Waals surface area contributed by atoms with Gasteiger partial charge in [-0.15, -0.1) is 0 Å². The number of ether oxygens (including phenoxy) is 1. The molecular formula is C14H22N2O3. The standard InChI is InChI=1S/C14H22N2O3/c1-14(2,3)19-13(17)16-8-4-5-11(6-9-16)12-15-7-10-18-12/h7,10-11H,4-6,8-9H2,1-3H3/t11-/m1/s1. The van der Waals surface area contributed by atoms with Crippen LogP contribution in [0.25, 0.3) is 0 Å². The third kappa shape index (κ3) is 3.98. The molecule has 0 unspecified atom stereocenters. The van der Waals surface area contributed by atoms with Crippen molar-refractivity contribution in [3.05, 3.63) is 18.4 Å². The Morgan fingerprint density at radius 3 is 2.84 bits per heavy atom. The van der Waals surface area contributed by atoms with Crippen LogP contribution in [0, 0.1) is 0 Å². The number of amides is 1. The molecule has 0 radical (unpaired) electrons. The van der Waals surface area contributed by atoms with Crippen LogP contribution in [0.3, 0.4) is 0 Å². The molecule has 2 rings (SSSR count). The number of hydrogen-bond acceptors (Lipinski definition) is 4. The molecule has 19 heavy (non-hydrogen) atoms. The van der Waals surface area contributed by atoms with Crippen molar-refractivity contribution in [2.45, 2.75) is 51.6 Å². The smallest absolute Gasteiger partial charge is 0.410 e. The van der Waals surface area contributed by atoms with Gasteiger partial charge in [-0.3, -0.25) is 0 Å². The van der Waals surface area contributed by atoms with E-state index in [4.69, 9.17) is 9.15 Å². The molecule has 5 heteroatoms. The van der Waals surface area contributed by atoms with Gasteiger partial charge in [0.1, 0.15) is 11.9 Å². The average Bonchev–Trinajstić information content (AvgIpc) is 2.71. The maximum Gasteiger partial charge on any atom is 0.410 e. The molecule has 0 saturated carbocycles. The first-order chi connectivity index (χ1) is 8.96. The molecule has 1 aromatic heterocycles. The Kier molecular flexibility index (Phi) is 4.12. The second kappa shape index (κ2) is 5.63. The summed E-state index contributed by atoms with van der Waals surface area (Å²) in [6.45, 7) is 7.10. The second-order valence-electron chi connectivity index (χ2n) is 5.97. The highest BCUT2D eigenvalue weighted by Crippen LogP contribution is 2.27. The van der Waals surface area contributed by atoms with Crippen LogP contribution < -0.4 is 0 Å². The maximum absolute atomic E-state index is 12.0. The summed E-state index contributed by atoms with van der Waals surface area (Å²) in [6.07, 6.45) is 5.88. The molecule has 1 saturated heterocycles. The lowest BCUT2D eigenvalue weighted by atomic mass is 10.0. The summed E-state index contributed by atoms with van der Waals surface area (Å²) in [7, 11) is 0. The molecule has 1 atom stereocenters. The highest BCUT2D eigenvalue weighted by Gasteiger charge is 2.26. The summed E-state index contributed by atoms with van der Waals surface area (Å²) in [5.41, 5.74) is -0.439. The van der Waals surface area contributed by atoms with E-state index in [-0.39, 0.29) is 6.09 Å². The Morgan fingerprint density at radius 2 is 2.21 bits per heavy atom. The predicted octanol–water partition coefficient (Wildman–Crippen LogP) is 3.18. The van der Waals surface area contributed by atoms with Gasteiger partial charge in [-0.1, -0.05) is 0 Å². The first-order valence-corrected chi connectivity index (χ1v) is 6.83. The lowest BCUT2D eigenvalue weighted by molar-refractivity contribution is 0.0256. The van der Waals surface area contributed by atoms with Gasteiger partial charge in [0, 0.05) is 19.0 Å². The highest BCUT2D eigenvalue weighted by molar-refractivity contribution is 5.68. The minimum Gasteiger partial charge on any atom is -0.449 e. The van der Waals surface area contributed by atoms with Gasteiger partial charge in [-0.25, -0.2) is 9.78 Å². The van der Waals surface area contributed by atoms with E-state index in [0.717, 1.165) is 31.7 Å². The number of carbonyl (C=O) groups is 1. The van der Waals surface area contributed by atoms with E-state index >= 15 is 0 Å². The molecular weight excluding hydrogens is 244 g/mol. The molecule has 106 valence electrons. The first kappa shape index (κ1) is 13.9. The minimum atomic E-state index is -0.439.